The molecule has 0 heterocycles. The van der Waals surface area contributed by atoms with E-state index in [0.717, 1.165) is 0 Å². The summed E-state index contributed by atoms with van der Waals surface area (Å²) in [6, 6.07) is 16.9. The van der Waals surface area contributed by atoms with E-state index in [4.69, 9.17) is 21.1 Å². The molecule has 194 valence electrons. The molecule has 10 nitrogen and oxygen atoms in total. The molecule has 0 aliphatic heterocycles. The molecule has 0 unspecified atom stereocenters. The highest BCUT2D eigenvalue weighted by molar-refractivity contribution is 9.10. The molecule has 38 heavy (non-hydrogen) atoms. The lowest BCUT2D eigenvalue weighted by atomic mass is 10.1. The highest BCUT2D eigenvalue weighted by Crippen LogP contribution is 2.37. The largest absolute Gasteiger partial charge is 0.490 e. The minimum atomic E-state index is -0.749. The topological polar surface area (TPSA) is 144 Å². The highest BCUT2D eigenvalue weighted by Gasteiger charge is 2.16. The van der Waals surface area contributed by atoms with Crippen molar-refractivity contribution < 1.29 is 24.0 Å². The number of amides is 2. The number of anilines is 2. The van der Waals surface area contributed by atoms with Gasteiger partial charge in [0, 0.05) is 28.5 Å². The Labute approximate surface area is 231 Å². The maximum Gasteiger partial charge on any atom is 0.271 e. The molecular formula is C26H20BrClN4O6. The number of rotatable bonds is 10. The zero-order valence-corrected chi connectivity index (χ0v) is 22.2. The van der Waals surface area contributed by atoms with Crippen LogP contribution in [0.4, 0.5) is 17.1 Å². The van der Waals surface area contributed by atoms with E-state index < -0.39 is 16.7 Å². The average molecular weight is 600 g/mol. The van der Waals surface area contributed by atoms with Gasteiger partial charge in [0.05, 0.1) is 16.0 Å². The molecule has 2 N–H and O–H groups in total. The SMILES string of the molecule is CCOc1cc(/C=C(\C#N)C(=O)Nc2cccc([N+](=O)[O-])c2)cc(Br)c1OCC(=O)Nc1ccc(Cl)cc1. The summed E-state index contributed by atoms with van der Waals surface area (Å²) in [6.07, 6.45) is 1.33. The van der Waals surface area contributed by atoms with Gasteiger partial charge in [0.25, 0.3) is 17.5 Å². The van der Waals surface area contributed by atoms with E-state index in [0.29, 0.717) is 20.7 Å². The molecule has 0 atom stereocenters. The van der Waals surface area contributed by atoms with Gasteiger partial charge in [0.1, 0.15) is 11.6 Å². The van der Waals surface area contributed by atoms with Gasteiger partial charge in [0.15, 0.2) is 18.1 Å². The molecule has 0 bridgehead atoms. The zero-order valence-electron chi connectivity index (χ0n) is 19.9. The molecule has 3 aromatic rings. The van der Waals surface area contributed by atoms with Crippen molar-refractivity contribution in [3.05, 3.63) is 91.4 Å². The van der Waals surface area contributed by atoms with Crippen LogP contribution in [0, 0.1) is 21.4 Å². The minimum Gasteiger partial charge on any atom is -0.490 e. The first kappa shape index (κ1) is 28.2. The Morgan fingerprint density at radius 1 is 1.11 bits per heavy atom. The normalized spacial score (nSPS) is 10.7. The fourth-order valence-electron chi connectivity index (χ4n) is 3.15. The number of carbonyl (C=O) groups excluding carboxylic acids is 2. The number of ether oxygens (including phenoxy) is 2. The quantitative estimate of drug-likeness (QED) is 0.126. The van der Waals surface area contributed by atoms with Crippen LogP contribution in [0.5, 0.6) is 11.5 Å². The number of hydrogen-bond acceptors (Lipinski definition) is 7. The lowest BCUT2D eigenvalue weighted by Gasteiger charge is -2.15. The summed E-state index contributed by atoms with van der Waals surface area (Å²) in [7, 11) is 0. The van der Waals surface area contributed by atoms with Crippen LogP contribution in [0.2, 0.25) is 5.02 Å². The fourth-order valence-corrected chi connectivity index (χ4v) is 3.85. The summed E-state index contributed by atoms with van der Waals surface area (Å²) in [5.41, 5.74) is 0.709. The first-order valence-corrected chi connectivity index (χ1v) is 12.2. The number of carbonyl (C=O) groups is 2. The fraction of sp³-hybridized carbons (Fsp3) is 0.115. The Morgan fingerprint density at radius 3 is 2.50 bits per heavy atom. The number of nitro benzene ring substituents is 1. The van der Waals surface area contributed by atoms with Gasteiger partial charge in [-0.2, -0.15) is 5.26 Å². The van der Waals surface area contributed by atoms with Gasteiger partial charge >= 0.3 is 0 Å². The number of nitrogens with zero attached hydrogens (tertiary/aromatic N) is 2. The van der Waals surface area contributed by atoms with Crippen molar-refractivity contribution >= 4 is 62.5 Å². The Kier molecular flexibility index (Phi) is 9.81. The summed E-state index contributed by atoms with van der Waals surface area (Å²) < 4.78 is 11.8. The van der Waals surface area contributed by atoms with Gasteiger partial charge in [-0.25, -0.2) is 0 Å². The summed E-state index contributed by atoms with van der Waals surface area (Å²) in [5.74, 6) is -0.616. The summed E-state index contributed by atoms with van der Waals surface area (Å²) in [6.45, 7) is 1.73. The number of hydrogen-bond donors (Lipinski definition) is 2. The Balaban J connectivity index is 1.77. The van der Waals surface area contributed by atoms with Gasteiger partial charge in [-0.1, -0.05) is 17.7 Å². The third kappa shape index (κ3) is 7.80. The standard InChI is InChI=1S/C26H20BrClN4O6/c1-2-37-23-12-16(10-17(14-29)26(34)31-20-4-3-5-21(13-20)32(35)36)11-22(27)25(23)38-15-24(33)30-19-8-6-18(28)7-9-19/h3-13H,2,15H2,1H3,(H,30,33)(H,31,34)/b17-10+. The van der Waals surface area contributed by atoms with E-state index >= 15 is 0 Å². The van der Waals surface area contributed by atoms with E-state index in [-0.39, 0.29) is 41.7 Å². The van der Waals surface area contributed by atoms with Crippen LogP contribution in [-0.2, 0) is 9.59 Å². The number of non-ortho nitro benzene ring substituents is 1. The maximum absolute atomic E-state index is 12.6. The van der Waals surface area contributed by atoms with Crippen molar-refractivity contribution in [1.29, 1.82) is 5.26 Å². The predicted molar refractivity (Wildman–Crippen MR) is 146 cm³/mol. The van der Waals surface area contributed by atoms with Crippen LogP contribution in [0.15, 0.2) is 70.7 Å². The van der Waals surface area contributed by atoms with Crippen LogP contribution in [-0.4, -0.2) is 30.0 Å². The lowest BCUT2D eigenvalue weighted by molar-refractivity contribution is -0.384. The number of halogens is 2. The van der Waals surface area contributed by atoms with Crippen molar-refractivity contribution in [2.24, 2.45) is 0 Å². The van der Waals surface area contributed by atoms with E-state index in [1.807, 2.05) is 6.07 Å². The highest BCUT2D eigenvalue weighted by atomic mass is 79.9. The molecule has 2 amide bonds. The number of nitrogens with one attached hydrogen (secondary N) is 2. The molecule has 0 fully saturated rings. The van der Waals surface area contributed by atoms with Gasteiger partial charge in [-0.15, -0.1) is 0 Å². The van der Waals surface area contributed by atoms with Crippen molar-refractivity contribution in [2.45, 2.75) is 6.92 Å². The molecule has 12 heteroatoms. The smallest absolute Gasteiger partial charge is 0.271 e. The Morgan fingerprint density at radius 2 is 1.84 bits per heavy atom. The number of nitriles is 1. The summed E-state index contributed by atoms with van der Waals surface area (Å²) in [4.78, 5) is 35.4. The van der Waals surface area contributed by atoms with Crippen molar-refractivity contribution in [3.63, 3.8) is 0 Å². The lowest BCUT2D eigenvalue weighted by Crippen LogP contribution is -2.20. The van der Waals surface area contributed by atoms with Crippen molar-refractivity contribution in [3.8, 4) is 17.6 Å². The second kappa shape index (κ2) is 13.2. The van der Waals surface area contributed by atoms with E-state index in [1.165, 1.54) is 30.3 Å². The third-order valence-electron chi connectivity index (χ3n) is 4.80. The first-order valence-electron chi connectivity index (χ1n) is 11.0. The van der Waals surface area contributed by atoms with E-state index in [1.54, 1.807) is 43.3 Å². The molecule has 0 aromatic heterocycles. The van der Waals surface area contributed by atoms with Crippen molar-refractivity contribution in [2.75, 3.05) is 23.8 Å². The van der Waals surface area contributed by atoms with Gasteiger partial charge in [-0.3, -0.25) is 19.7 Å². The van der Waals surface area contributed by atoms with Crippen LogP contribution < -0.4 is 20.1 Å². The Hall–Kier alpha value is -4.40. The molecule has 3 rings (SSSR count). The molecule has 0 saturated carbocycles. The van der Waals surface area contributed by atoms with E-state index in [9.17, 15) is 25.0 Å². The first-order chi connectivity index (χ1) is 18.2. The Bertz CT molecular complexity index is 1440. The average Bonchev–Trinajstić information content (AvgIpc) is 2.88. The maximum atomic E-state index is 12.6. The monoisotopic (exact) mass is 598 g/mol. The van der Waals surface area contributed by atoms with Crippen LogP contribution in [0.1, 0.15) is 12.5 Å². The summed E-state index contributed by atoms with van der Waals surface area (Å²) in [5, 5.41) is 26.2. The molecule has 0 spiro atoms. The zero-order chi connectivity index (χ0) is 27.7. The van der Waals surface area contributed by atoms with Gasteiger partial charge < -0.3 is 20.1 Å². The van der Waals surface area contributed by atoms with Crippen LogP contribution in [0.3, 0.4) is 0 Å². The second-order valence-electron chi connectivity index (χ2n) is 7.54. The molecule has 0 aliphatic rings. The summed E-state index contributed by atoms with van der Waals surface area (Å²) >= 11 is 9.24. The predicted octanol–water partition coefficient (Wildman–Crippen LogP) is 5.97. The van der Waals surface area contributed by atoms with Gasteiger partial charge in [0.2, 0.25) is 0 Å². The molecule has 0 saturated heterocycles. The molecular weight excluding hydrogens is 580 g/mol. The third-order valence-corrected chi connectivity index (χ3v) is 5.64. The van der Waals surface area contributed by atoms with Crippen LogP contribution >= 0.6 is 27.5 Å². The molecule has 0 aliphatic carbocycles. The minimum absolute atomic E-state index is 0.169. The van der Waals surface area contributed by atoms with Gasteiger partial charge in [-0.05, 0) is 77.0 Å². The number of nitro groups is 1. The number of benzene rings is 3. The molecule has 3 aromatic carbocycles. The van der Waals surface area contributed by atoms with Crippen LogP contribution in [0.25, 0.3) is 6.08 Å². The van der Waals surface area contributed by atoms with E-state index in [2.05, 4.69) is 26.6 Å². The second-order valence-corrected chi connectivity index (χ2v) is 8.83. The molecule has 0 radical (unpaired) electrons. The van der Waals surface area contributed by atoms with Crippen molar-refractivity contribution in [1.82, 2.24) is 0 Å².